The lowest BCUT2D eigenvalue weighted by Gasteiger charge is -2.22. The van der Waals surface area contributed by atoms with Crippen molar-refractivity contribution in [3.63, 3.8) is 0 Å². The minimum absolute atomic E-state index is 0.248. The smallest absolute Gasteiger partial charge is 0.148 e. The molecule has 0 aromatic carbocycles. The molecule has 112 valence electrons. The van der Waals surface area contributed by atoms with Gasteiger partial charge in [-0.25, -0.2) is 15.8 Å². The third kappa shape index (κ3) is 3.58. The van der Waals surface area contributed by atoms with Crippen LogP contribution in [0.3, 0.4) is 0 Å². The lowest BCUT2D eigenvalue weighted by Crippen LogP contribution is -2.27. The van der Waals surface area contributed by atoms with E-state index >= 15 is 0 Å². The topological polar surface area (TPSA) is 76.3 Å². The highest BCUT2D eigenvalue weighted by Crippen LogP contribution is 2.39. The van der Waals surface area contributed by atoms with E-state index in [1.165, 1.54) is 12.8 Å². The van der Waals surface area contributed by atoms with Gasteiger partial charge in [0, 0.05) is 25.1 Å². The van der Waals surface area contributed by atoms with Crippen LogP contribution in [0.1, 0.15) is 44.0 Å². The fourth-order valence-corrected chi connectivity index (χ4v) is 2.09. The molecule has 1 fully saturated rings. The van der Waals surface area contributed by atoms with Crippen molar-refractivity contribution < 1.29 is 4.74 Å². The van der Waals surface area contributed by atoms with E-state index in [2.05, 4.69) is 15.3 Å². The number of nitrogens with one attached hydrogen (secondary N) is 1. The number of likely N-dealkylation sites (N-methyl/N-ethyl adjacent to an activating group) is 1. The fraction of sp³-hybridized carbons (Fsp3) is 0.714. The molecule has 0 bridgehead atoms. The summed E-state index contributed by atoms with van der Waals surface area (Å²) in [7, 11) is 2.02. The normalized spacial score (nSPS) is 14.7. The summed E-state index contributed by atoms with van der Waals surface area (Å²) in [5.74, 6) is 8.61. The number of hydrogen-bond donors (Lipinski definition) is 2. The highest BCUT2D eigenvalue weighted by molar-refractivity contribution is 5.58. The van der Waals surface area contributed by atoms with Gasteiger partial charge in [0.2, 0.25) is 0 Å². The molecular weight excluding hydrogens is 254 g/mol. The van der Waals surface area contributed by atoms with Gasteiger partial charge in [-0.15, -0.1) is 0 Å². The predicted molar refractivity (Wildman–Crippen MR) is 80.9 cm³/mol. The molecule has 0 aliphatic heterocycles. The average Bonchev–Trinajstić information content (AvgIpc) is 3.22. The molecule has 0 atom stereocenters. The molecule has 1 heterocycles. The van der Waals surface area contributed by atoms with Gasteiger partial charge in [-0.2, -0.15) is 0 Å². The van der Waals surface area contributed by atoms with Crippen molar-refractivity contribution in [1.29, 1.82) is 0 Å². The van der Waals surface area contributed by atoms with E-state index in [1.54, 1.807) is 0 Å². The number of nitrogens with two attached hydrogens (primary N) is 1. The zero-order valence-corrected chi connectivity index (χ0v) is 12.8. The van der Waals surface area contributed by atoms with Crippen molar-refractivity contribution in [2.45, 2.75) is 45.6 Å². The lowest BCUT2D eigenvalue weighted by molar-refractivity contribution is 0.0845. The van der Waals surface area contributed by atoms with Crippen molar-refractivity contribution in [1.82, 2.24) is 9.97 Å². The lowest BCUT2D eigenvalue weighted by atomic mass is 10.2. The minimum Gasteiger partial charge on any atom is -0.377 e. The summed E-state index contributed by atoms with van der Waals surface area (Å²) in [6.45, 7) is 7.54. The number of hydrazine groups is 1. The van der Waals surface area contributed by atoms with Gasteiger partial charge in [-0.3, -0.25) is 0 Å². The first-order valence-electron chi connectivity index (χ1n) is 7.20. The Kier molecular flexibility index (Phi) is 4.77. The Balaban J connectivity index is 2.13. The Morgan fingerprint density at radius 1 is 1.40 bits per heavy atom. The third-order valence-corrected chi connectivity index (χ3v) is 3.46. The van der Waals surface area contributed by atoms with Crippen molar-refractivity contribution in [3.8, 4) is 0 Å². The Labute approximate surface area is 120 Å². The summed E-state index contributed by atoms with van der Waals surface area (Å²) in [5.41, 5.74) is 3.65. The standard InChI is InChI=1S/C14H25N5O/c1-9(2)20-8-7-19(4)14-10(3)12(18-15)16-13(17-14)11-5-6-11/h9,11H,5-8,15H2,1-4H3,(H,16,17,18). The highest BCUT2D eigenvalue weighted by atomic mass is 16.5. The predicted octanol–water partition coefficient (Wildman–Crippen LogP) is 1.81. The van der Waals surface area contributed by atoms with Crippen LogP contribution < -0.4 is 16.2 Å². The van der Waals surface area contributed by atoms with E-state index in [-0.39, 0.29) is 6.10 Å². The van der Waals surface area contributed by atoms with Crippen LogP contribution in [-0.2, 0) is 4.74 Å². The zero-order chi connectivity index (χ0) is 14.7. The molecule has 1 aromatic heterocycles. The number of ether oxygens (including phenoxy) is 1. The Hall–Kier alpha value is -1.40. The van der Waals surface area contributed by atoms with Gasteiger partial charge in [0.1, 0.15) is 17.5 Å². The largest absolute Gasteiger partial charge is 0.377 e. The summed E-state index contributed by atoms with van der Waals surface area (Å²) in [4.78, 5) is 11.3. The number of aromatic nitrogens is 2. The van der Waals surface area contributed by atoms with Gasteiger partial charge >= 0.3 is 0 Å². The number of hydrogen-bond acceptors (Lipinski definition) is 6. The molecule has 1 aliphatic rings. The van der Waals surface area contributed by atoms with E-state index in [4.69, 9.17) is 15.6 Å². The van der Waals surface area contributed by atoms with Gasteiger partial charge in [0.05, 0.1) is 12.7 Å². The first-order valence-corrected chi connectivity index (χ1v) is 7.20. The number of anilines is 2. The monoisotopic (exact) mass is 279 g/mol. The van der Waals surface area contributed by atoms with Crippen LogP contribution in [0.15, 0.2) is 0 Å². The van der Waals surface area contributed by atoms with E-state index in [9.17, 15) is 0 Å². The number of rotatable bonds is 7. The molecule has 0 saturated heterocycles. The third-order valence-electron chi connectivity index (χ3n) is 3.46. The summed E-state index contributed by atoms with van der Waals surface area (Å²) < 4.78 is 5.60. The first-order chi connectivity index (χ1) is 9.52. The highest BCUT2D eigenvalue weighted by Gasteiger charge is 2.28. The van der Waals surface area contributed by atoms with E-state index in [1.807, 2.05) is 27.8 Å². The summed E-state index contributed by atoms with van der Waals surface area (Å²) in [6, 6.07) is 0. The molecule has 2 rings (SSSR count). The zero-order valence-electron chi connectivity index (χ0n) is 12.8. The second kappa shape index (κ2) is 6.37. The fourth-order valence-electron chi connectivity index (χ4n) is 2.09. The van der Waals surface area contributed by atoms with Crippen LogP contribution >= 0.6 is 0 Å². The molecule has 0 radical (unpaired) electrons. The molecule has 0 spiro atoms. The van der Waals surface area contributed by atoms with Gasteiger partial charge < -0.3 is 15.1 Å². The van der Waals surface area contributed by atoms with Crippen molar-refractivity contribution in [3.05, 3.63) is 11.4 Å². The molecule has 0 unspecified atom stereocenters. The van der Waals surface area contributed by atoms with Crippen molar-refractivity contribution in [2.24, 2.45) is 5.84 Å². The van der Waals surface area contributed by atoms with Crippen LogP contribution in [0.25, 0.3) is 0 Å². The quantitative estimate of drug-likeness (QED) is 0.585. The summed E-state index contributed by atoms with van der Waals surface area (Å²) >= 11 is 0. The molecule has 0 amide bonds. The summed E-state index contributed by atoms with van der Waals surface area (Å²) in [5, 5.41) is 0. The molecule has 20 heavy (non-hydrogen) atoms. The van der Waals surface area contributed by atoms with E-state index in [0.29, 0.717) is 18.3 Å². The Morgan fingerprint density at radius 2 is 2.10 bits per heavy atom. The van der Waals surface area contributed by atoms with Gasteiger partial charge in [0.15, 0.2) is 0 Å². The van der Waals surface area contributed by atoms with Crippen LogP contribution in [0.5, 0.6) is 0 Å². The van der Waals surface area contributed by atoms with Gasteiger partial charge in [-0.05, 0) is 33.6 Å². The first kappa shape index (κ1) is 15.0. The molecule has 6 nitrogen and oxygen atoms in total. The van der Waals surface area contributed by atoms with Crippen LogP contribution in [-0.4, -0.2) is 36.3 Å². The molecule has 1 aromatic rings. The Bertz CT molecular complexity index is 459. The maximum atomic E-state index is 5.60. The second-order valence-electron chi connectivity index (χ2n) is 5.64. The summed E-state index contributed by atoms with van der Waals surface area (Å²) in [6.07, 6.45) is 2.59. The van der Waals surface area contributed by atoms with Crippen LogP contribution in [0.2, 0.25) is 0 Å². The second-order valence-corrected chi connectivity index (χ2v) is 5.64. The van der Waals surface area contributed by atoms with Crippen LogP contribution in [0.4, 0.5) is 11.6 Å². The van der Waals surface area contributed by atoms with E-state index < -0.39 is 0 Å². The Morgan fingerprint density at radius 3 is 2.65 bits per heavy atom. The maximum absolute atomic E-state index is 5.60. The SMILES string of the molecule is Cc1c(NN)nc(C2CC2)nc1N(C)CCOC(C)C. The molecule has 1 aliphatic carbocycles. The minimum atomic E-state index is 0.248. The average molecular weight is 279 g/mol. The van der Waals surface area contributed by atoms with Crippen molar-refractivity contribution in [2.75, 3.05) is 30.5 Å². The molecule has 6 heteroatoms. The van der Waals surface area contributed by atoms with Gasteiger partial charge in [-0.1, -0.05) is 0 Å². The van der Waals surface area contributed by atoms with Crippen molar-refractivity contribution >= 4 is 11.6 Å². The molecule has 3 N–H and O–H groups in total. The molecule has 1 saturated carbocycles. The maximum Gasteiger partial charge on any atom is 0.148 e. The number of nitrogens with zero attached hydrogens (tertiary/aromatic N) is 3. The van der Waals surface area contributed by atoms with Crippen LogP contribution in [0, 0.1) is 6.92 Å². The molecular formula is C14H25N5O. The van der Waals surface area contributed by atoms with Gasteiger partial charge in [0.25, 0.3) is 0 Å². The van der Waals surface area contributed by atoms with E-state index in [0.717, 1.165) is 23.8 Å². The number of nitrogen functional groups attached to an aromatic ring is 1.